The molecule has 1 aromatic carbocycles. The minimum atomic E-state index is -0.412. The van der Waals surface area contributed by atoms with Gasteiger partial charge >= 0.3 is 5.97 Å². The molecular formula is C19H25NO3. The van der Waals surface area contributed by atoms with E-state index in [4.69, 9.17) is 4.74 Å². The molecule has 4 nitrogen and oxygen atoms in total. The van der Waals surface area contributed by atoms with Crippen molar-refractivity contribution in [2.24, 2.45) is 0 Å². The van der Waals surface area contributed by atoms with Gasteiger partial charge in [-0.05, 0) is 33.3 Å². The van der Waals surface area contributed by atoms with Gasteiger partial charge in [-0.15, -0.1) is 0 Å². The highest BCUT2D eigenvalue weighted by molar-refractivity contribution is 5.88. The van der Waals surface area contributed by atoms with Gasteiger partial charge in [-0.25, -0.2) is 0 Å². The van der Waals surface area contributed by atoms with E-state index in [1.807, 2.05) is 44.2 Å². The number of benzene rings is 1. The third-order valence-electron chi connectivity index (χ3n) is 3.09. The number of nitrogens with one attached hydrogen (secondary N) is 1. The minimum Gasteiger partial charge on any atom is -0.463 e. The number of esters is 1. The number of allylic oxidation sites excluding steroid dienone is 3. The Labute approximate surface area is 138 Å². The van der Waals surface area contributed by atoms with Crippen LogP contribution in [0.4, 0.5) is 0 Å². The van der Waals surface area contributed by atoms with Crippen molar-refractivity contribution >= 4 is 11.9 Å². The summed E-state index contributed by atoms with van der Waals surface area (Å²) in [6, 6.07) is 7.33. The minimum absolute atomic E-state index is 0.102. The van der Waals surface area contributed by atoms with Gasteiger partial charge in [0.15, 0.2) is 0 Å². The number of carbonyl (C=O) groups is 2. The lowest BCUT2D eigenvalue weighted by Gasteiger charge is -2.19. The highest BCUT2D eigenvalue weighted by Crippen LogP contribution is 2.18. The first-order valence-electron chi connectivity index (χ1n) is 7.78. The van der Waals surface area contributed by atoms with E-state index in [-0.39, 0.29) is 24.4 Å². The van der Waals surface area contributed by atoms with Crippen molar-refractivity contribution in [3.63, 3.8) is 0 Å². The Kier molecular flexibility index (Phi) is 7.81. The zero-order valence-electron chi connectivity index (χ0n) is 14.2. The van der Waals surface area contributed by atoms with Crippen LogP contribution in [0.2, 0.25) is 0 Å². The lowest BCUT2D eigenvalue weighted by Crippen LogP contribution is -2.29. The van der Waals surface area contributed by atoms with E-state index < -0.39 is 6.04 Å². The topological polar surface area (TPSA) is 55.4 Å². The number of rotatable bonds is 7. The molecule has 1 aromatic rings. The standard InChI is InChI=1S/C19H25NO3/c1-5-6-7-8-18(21)20-17(13-19(22)23-14(2)3)16-11-9-15(4)10-12-16/h5-12,14,17H,13H2,1-4H3,(H,20,21)/b6-5+,8-7+. The van der Waals surface area contributed by atoms with Crippen LogP contribution in [0, 0.1) is 6.92 Å². The van der Waals surface area contributed by atoms with Gasteiger partial charge < -0.3 is 10.1 Å². The van der Waals surface area contributed by atoms with Crippen LogP contribution in [0.25, 0.3) is 0 Å². The maximum atomic E-state index is 12.0. The number of amides is 1. The fraction of sp³-hybridized carbons (Fsp3) is 0.368. The first-order valence-corrected chi connectivity index (χ1v) is 7.78. The van der Waals surface area contributed by atoms with E-state index in [9.17, 15) is 9.59 Å². The first kappa shape index (κ1) is 18.7. The molecule has 1 rings (SSSR count). The maximum Gasteiger partial charge on any atom is 0.308 e. The van der Waals surface area contributed by atoms with Gasteiger partial charge in [-0.3, -0.25) is 9.59 Å². The fourth-order valence-corrected chi connectivity index (χ4v) is 2.00. The Morgan fingerprint density at radius 2 is 1.83 bits per heavy atom. The van der Waals surface area contributed by atoms with Crippen LogP contribution in [0.15, 0.2) is 48.6 Å². The van der Waals surface area contributed by atoms with Gasteiger partial charge in [0.2, 0.25) is 5.91 Å². The summed E-state index contributed by atoms with van der Waals surface area (Å²) in [5.41, 5.74) is 2.00. The monoisotopic (exact) mass is 315 g/mol. The van der Waals surface area contributed by atoms with Crippen LogP contribution in [0.3, 0.4) is 0 Å². The summed E-state index contributed by atoms with van der Waals surface area (Å²) in [7, 11) is 0. The zero-order chi connectivity index (χ0) is 17.2. The van der Waals surface area contributed by atoms with Crippen LogP contribution < -0.4 is 5.32 Å². The molecule has 0 saturated heterocycles. The van der Waals surface area contributed by atoms with Gasteiger partial charge in [0, 0.05) is 6.08 Å². The molecule has 0 fully saturated rings. The molecule has 0 aromatic heterocycles. The predicted molar refractivity (Wildman–Crippen MR) is 91.9 cm³/mol. The molecule has 0 radical (unpaired) electrons. The van der Waals surface area contributed by atoms with E-state index in [0.29, 0.717) is 0 Å². The van der Waals surface area contributed by atoms with Gasteiger partial charge in [0.25, 0.3) is 0 Å². The quantitative estimate of drug-likeness (QED) is 0.475. The fourth-order valence-electron chi connectivity index (χ4n) is 2.00. The van der Waals surface area contributed by atoms with E-state index >= 15 is 0 Å². The Hall–Kier alpha value is -2.36. The summed E-state index contributed by atoms with van der Waals surface area (Å²) < 4.78 is 5.19. The van der Waals surface area contributed by atoms with Crippen molar-refractivity contribution in [1.29, 1.82) is 0 Å². The molecule has 0 aliphatic rings. The molecule has 0 saturated carbocycles. The summed E-state index contributed by atoms with van der Waals surface area (Å²) in [5.74, 6) is -0.575. The Bertz CT molecular complexity index is 571. The second-order valence-corrected chi connectivity index (χ2v) is 5.60. The van der Waals surface area contributed by atoms with Crippen LogP contribution in [0.1, 0.15) is 44.4 Å². The largest absolute Gasteiger partial charge is 0.463 e. The van der Waals surface area contributed by atoms with Crippen LogP contribution in [-0.2, 0) is 14.3 Å². The van der Waals surface area contributed by atoms with E-state index in [1.165, 1.54) is 6.08 Å². The molecule has 0 bridgehead atoms. The predicted octanol–water partition coefficient (Wildman–Crippen LogP) is 3.63. The Balaban J connectivity index is 2.85. The summed E-state index contributed by atoms with van der Waals surface area (Å²) in [6.45, 7) is 7.47. The second-order valence-electron chi connectivity index (χ2n) is 5.60. The third-order valence-corrected chi connectivity index (χ3v) is 3.09. The summed E-state index contributed by atoms with van der Waals surface area (Å²) in [6.07, 6.45) is 6.63. The molecule has 23 heavy (non-hydrogen) atoms. The molecular weight excluding hydrogens is 290 g/mol. The third kappa shape index (κ3) is 7.45. The van der Waals surface area contributed by atoms with Gasteiger partial charge in [-0.2, -0.15) is 0 Å². The molecule has 0 heterocycles. The SMILES string of the molecule is C/C=C/C=C/C(=O)NC(CC(=O)OC(C)C)c1ccc(C)cc1. The molecule has 0 aliphatic carbocycles. The van der Waals surface area contributed by atoms with Gasteiger partial charge in [0.05, 0.1) is 18.6 Å². The lowest BCUT2D eigenvalue weighted by molar-refractivity contribution is -0.148. The number of hydrogen-bond donors (Lipinski definition) is 1. The van der Waals surface area contributed by atoms with Crippen molar-refractivity contribution in [2.75, 3.05) is 0 Å². The van der Waals surface area contributed by atoms with E-state index in [0.717, 1.165) is 11.1 Å². The maximum absolute atomic E-state index is 12.0. The van der Waals surface area contributed by atoms with E-state index in [1.54, 1.807) is 26.0 Å². The average molecular weight is 315 g/mol. The number of aryl methyl sites for hydroxylation is 1. The smallest absolute Gasteiger partial charge is 0.308 e. The molecule has 1 unspecified atom stereocenters. The molecule has 4 heteroatoms. The highest BCUT2D eigenvalue weighted by Gasteiger charge is 2.19. The molecule has 0 spiro atoms. The van der Waals surface area contributed by atoms with Crippen LogP contribution >= 0.6 is 0 Å². The molecule has 1 atom stereocenters. The first-order chi connectivity index (χ1) is 10.9. The van der Waals surface area contributed by atoms with Crippen molar-refractivity contribution in [2.45, 2.75) is 46.3 Å². The highest BCUT2D eigenvalue weighted by atomic mass is 16.5. The van der Waals surface area contributed by atoms with Crippen molar-refractivity contribution in [3.05, 3.63) is 59.7 Å². The van der Waals surface area contributed by atoms with Gasteiger partial charge in [-0.1, -0.05) is 48.1 Å². The molecule has 0 aliphatic heterocycles. The summed E-state index contributed by atoms with van der Waals surface area (Å²) in [5, 5.41) is 2.86. The number of hydrogen-bond acceptors (Lipinski definition) is 3. The van der Waals surface area contributed by atoms with Gasteiger partial charge in [0.1, 0.15) is 0 Å². The van der Waals surface area contributed by atoms with Crippen molar-refractivity contribution < 1.29 is 14.3 Å². The summed E-state index contributed by atoms with van der Waals surface area (Å²) in [4.78, 5) is 23.9. The van der Waals surface area contributed by atoms with Crippen molar-refractivity contribution in [1.82, 2.24) is 5.32 Å². The van der Waals surface area contributed by atoms with Crippen LogP contribution in [-0.4, -0.2) is 18.0 Å². The normalized spacial score (nSPS) is 12.7. The average Bonchev–Trinajstić information content (AvgIpc) is 2.46. The summed E-state index contributed by atoms with van der Waals surface area (Å²) >= 11 is 0. The zero-order valence-corrected chi connectivity index (χ0v) is 14.2. The molecule has 1 amide bonds. The molecule has 124 valence electrons. The van der Waals surface area contributed by atoms with Crippen LogP contribution in [0.5, 0.6) is 0 Å². The van der Waals surface area contributed by atoms with Crippen molar-refractivity contribution in [3.8, 4) is 0 Å². The number of carbonyl (C=O) groups excluding carboxylic acids is 2. The molecule has 1 N–H and O–H groups in total. The van der Waals surface area contributed by atoms with E-state index in [2.05, 4.69) is 5.32 Å². The second kappa shape index (κ2) is 9.62. The lowest BCUT2D eigenvalue weighted by atomic mass is 10.0. The Morgan fingerprint density at radius 1 is 1.17 bits per heavy atom. The number of ether oxygens (including phenoxy) is 1. The Morgan fingerprint density at radius 3 is 2.39 bits per heavy atom.